The maximum absolute atomic E-state index is 12.1. The Morgan fingerprint density at radius 3 is 2.68 bits per heavy atom. The van der Waals surface area contributed by atoms with Gasteiger partial charge in [0, 0.05) is 31.2 Å². The molecule has 1 amide bonds. The lowest BCUT2D eigenvalue weighted by molar-refractivity contribution is 0.0689. The Morgan fingerprint density at radius 2 is 2.14 bits per heavy atom. The minimum atomic E-state index is -1.11. The molecule has 0 spiro atoms. The number of nitrogens with one attached hydrogen (secondary N) is 1. The molecule has 0 aromatic carbocycles. The van der Waals surface area contributed by atoms with Gasteiger partial charge in [-0.15, -0.1) is 0 Å². The summed E-state index contributed by atoms with van der Waals surface area (Å²) in [7, 11) is 1.99. The molecule has 6 heteroatoms. The van der Waals surface area contributed by atoms with E-state index in [-0.39, 0.29) is 17.6 Å². The van der Waals surface area contributed by atoms with Gasteiger partial charge in [-0.3, -0.25) is 4.79 Å². The van der Waals surface area contributed by atoms with Crippen molar-refractivity contribution in [3.8, 4) is 0 Å². The monoisotopic (exact) mass is 301 g/mol. The molecule has 0 bridgehead atoms. The van der Waals surface area contributed by atoms with Gasteiger partial charge in [0.05, 0.1) is 5.56 Å². The molecular formula is C16H19N3O3. The predicted octanol–water partition coefficient (Wildman–Crippen LogP) is 1.87. The molecule has 2 aromatic heterocycles. The average molecular weight is 301 g/mol. The lowest BCUT2D eigenvalue weighted by atomic mass is 10.1. The summed E-state index contributed by atoms with van der Waals surface area (Å²) in [6.45, 7) is 1.94. The maximum atomic E-state index is 12.1. The number of hydrogen-bond acceptors (Lipinski definition) is 3. The highest BCUT2D eigenvalue weighted by atomic mass is 16.4. The van der Waals surface area contributed by atoms with E-state index >= 15 is 0 Å². The van der Waals surface area contributed by atoms with Crippen LogP contribution in [0.2, 0.25) is 0 Å². The molecule has 0 fully saturated rings. The Kier molecular flexibility index (Phi) is 4.93. The van der Waals surface area contributed by atoms with E-state index in [0.29, 0.717) is 5.56 Å². The van der Waals surface area contributed by atoms with Crippen LogP contribution in [-0.4, -0.2) is 32.6 Å². The van der Waals surface area contributed by atoms with Crippen molar-refractivity contribution < 1.29 is 14.7 Å². The van der Waals surface area contributed by atoms with Crippen molar-refractivity contribution in [3.63, 3.8) is 0 Å². The van der Waals surface area contributed by atoms with Crippen LogP contribution < -0.4 is 5.32 Å². The summed E-state index contributed by atoms with van der Waals surface area (Å²) in [5, 5.41) is 11.7. The Balaban J connectivity index is 1.88. The second-order valence-electron chi connectivity index (χ2n) is 5.26. The van der Waals surface area contributed by atoms with Crippen molar-refractivity contribution in [2.75, 3.05) is 0 Å². The number of carbonyl (C=O) groups is 2. The minimum Gasteiger partial charge on any atom is -0.477 e. The van der Waals surface area contributed by atoms with Gasteiger partial charge >= 0.3 is 5.97 Å². The molecular weight excluding hydrogens is 282 g/mol. The van der Waals surface area contributed by atoms with Crippen molar-refractivity contribution in [2.45, 2.75) is 25.8 Å². The highest BCUT2D eigenvalue weighted by molar-refractivity contribution is 5.95. The zero-order valence-electron chi connectivity index (χ0n) is 12.6. The van der Waals surface area contributed by atoms with Gasteiger partial charge in [-0.2, -0.15) is 0 Å². The van der Waals surface area contributed by atoms with Crippen LogP contribution in [0, 0.1) is 0 Å². The van der Waals surface area contributed by atoms with Crippen LogP contribution in [-0.2, 0) is 13.5 Å². The lowest BCUT2D eigenvalue weighted by Gasteiger charge is -2.14. The average Bonchev–Trinajstić information content (AvgIpc) is 2.90. The van der Waals surface area contributed by atoms with E-state index in [1.54, 1.807) is 0 Å². The molecule has 2 rings (SSSR count). The van der Waals surface area contributed by atoms with Gasteiger partial charge in [0.25, 0.3) is 5.91 Å². The van der Waals surface area contributed by atoms with Crippen molar-refractivity contribution in [1.82, 2.24) is 14.9 Å². The Hall–Kier alpha value is -2.63. The van der Waals surface area contributed by atoms with Gasteiger partial charge in [0.15, 0.2) is 0 Å². The van der Waals surface area contributed by atoms with Crippen molar-refractivity contribution in [3.05, 3.63) is 53.6 Å². The van der Waals surface area contributed by atoms with Gasteiger partial charge in [-0.05, 0) is 44.0 Å². The topological polar surface area (TPSA) is 84.2 Å². The van der Waals surface area contributed by atoms with Gasteiger partial charge in [-0.25, -0.2) is 9.78 Å². The number of rotatable bonds is 6. The summed E-state index contributed by atoms with van der Waals surface area (Å²) in [4.78, 5) is 26.5. The molecule has 0 aliphatic heterocycles. The molecule has 0 saturated carbocycles. The number of carboxylic acids is 1. The van der Waals surface area contributed by atoms with E-state index in [9.17, 15) is 9.59 Å². The number of aromatic nitrogens is 2. The van der Waals surface area contributed by atoms with Crippen LogP contribution in [0.4, 0.5) is 0 Å². The van der Waals surface area contributed by atoms with E-state index < -0.39 is 5.97 Å². The van der Waals surface area contributed by atoms with E-state index in [2.05, 4.69) is 20.9 Å². The first-order valence-electron chi connectivity index (χ1n) is 7.08. The van der Waals surface area contributed by atoms with E-state index in [1.807, 2.05) is 26.2 Å². The zero-order chi connectivity index (χ0) is 16.1. The number of aryl methyl sites for hydroxylation is 2. The molecule has 2 N–H and O–H groups in total. The molecule has 1 unspecified atom stereocenters. The Morgan fingerprint density at radius 1 is 1.36 bits per heavy atom. The predicted molar refractivity (Wildman–Crippen MR) is 81.9 cm³/mol. The molecule has 0 aliphatic carbocycles. The molecule has 0 aliphatic rings. The van der Waals surface area contributed by atoms with Crippen LogP contribution in [0.1, 0.15) is 39.9 Å². The number of amides is 1. The van der Waals surface area contributed by atoms with Crippen LogP contribution >= 0.6 is 0 Å². The highest BCUT2D eigenvalue weighted by Gasteiger charge is 2.12. The van der Waals surface area contributed by atoms with Crippen LogP contribution in [0.25, 0.3) is 0 Å². The second-order valence-corrected chi connectivity index (χ2v) is 5.26. The fraction of sp³-hybridized carbons (Fsp3) is 0.312. The van der Waals surface area contributed by atoms with Crippen LogP contribution in [0.3, 0.4) is 0 Å². The Labute approximate surface area is 128 Å². The fourth-order valence-corrected chi connectivity index (χ4v) is 2.15. The van der Waals surface area contributed by atoms with Crippen molar-refractivity contribution in [1.29, 1.82) is 0 Å². The first-order chi connectivity index (χ1) is 10.5. The maximum Gasteiger partial charge on any atom is 0.354 e. The minimum absolute atomic E-state index is 0.0153. The third-order valence-corrected chi connectivity index (χ3v) is 3.51. The summed E-state index contributed by atoms with van der Waals surface area (Å²) in [6.07, 6.45) is 4.97. The molecule has 0 radical (unpaired) electrons. The van der Waals surface area contributed by atoms with E-state index in [1.165, 1.54) is 24.0 Å². The molecule has 1 atom stereocenters. The highest BCUT2D eigenvalue weighted by Crippen LogP contribution is 2.07. The van der Waals surface area contributed by atoms with E-state index in [0.717, 1.165) is 12.8 Å². The first-order valence-corrected chi connectivity index (χ1v) is 7.08. The Bertz CT molecular complexity index is 662. The number of hydrogen-bond donors (Lipinski definition) is 2. The number of aromatic carboxylic acids is 1. The third-order valence-electron chi connectivity index (χ3n) is 3.51. The fourth-order valence-electron chi connectivity index (χ4n) is 2.15. The first kappa shape index (κ1) is 15.8. The molecule has 2 aromatic rings. The van der Waals surface area contributed by atoms with Gasteiger partial charge in [0.2, 0.25) is 0 Å². The second kappa shape index (κ2) is 6.89. The number of carbonyl (C=O) groups excluding carboxylic acids is 1. The summed E-state index contributed by atoms with van der Waals surface area (Å²) < 4.78 is 2.06. The van der Waals surface area contributed by atoms with Gasteiger partial charge in [0.1, 0.15) is 5.69 Å². The van der Waals surface area contributed by atoms with Crippen molar-refractivity contribution in [2.24, 2.45) is 7.05 Å². The van der Waals surface area contributed by atoms with Gasteiger partial charge in [-0.1, -0.05) is 0 Å². The summed E-state index contributed by atoms with van der Waals surface area (Å²) in [5.41, 5.74) is 1.50. The van der Waals surface area contributed by atoms with E-state index in [4.69, 9.17) is 5.11 Å². The standard InChI is InChI=1S/C16H19N3O3/c1-11(5-7-13-4-3-9-19(13)2)18-15(20)12-6-8-14(16(21)22)17-10-12/h3-4,6,8-11H,5,7H2,1-2H3,(H,18,20)(H,21,22). The SMILES string of the molecule is CC(CCc1cccn1C)NC(=O)c1ccc(C(=O)O)nc1. The zero-order valence-corrected chi connectivity index (χ0v) is 12.6. The van der Waals surface area contributed by atoms with Gasteiger partial charge < -0.3 is 15.0 Å². The summed E-state index contributed by atoms with van der Waals surface area (Å²) in [6, 6.07) is 6.86. The molecule has 6 nitrogen and oxygen atoms in total. The van der Waals surface area contributed by atoms with Crippen LogP contribution in [0.15, 0.2) is 36.7 Å². The quantitative estimate of drug-likeness (QED) is 0.853. The lowest BCUT2D eigenvalue weighted by Crippen LogP contribution is -2.33. The molecule has 22 heavy (non-hydrogen) atoms. The number of carboxylic acid groups (broad SMARTS) is 1. The van der Waals surface area contributed by atoms with Crippen LogP contribution in [0.5, 0.6) is 0 Å². The third kappa shape index (κ3) is 3.94. The number of nitrogens with zero attached hydrogens (tertiary/aromatic N) is 2. The van der Waals surface area contributed by atoms with Crippen molar-refractivity contribution >= 4 is 11.9 Å². The largest absolute Gasteiger partial charge is 0.477 e. The number of pyridine rings is 1. The summed E-state index contributed by atoms with van der Waals surface area (Å²) >= 11 is 0. The molecule has 0 saturated heterocycles. The molecule has 116 valence electrons. The normalized spacial score (nSPS) is 11.9. The molecule has 2 heterocycles. The summed E-state index contributed by atoms with van der Waals surface area (Å²) in [5.74, 6) is -1.35. The smallest absolute Gasteiger partial charge is 0.354 e.